The Balaban J connectivity index is 1.81. The van der Waals surface area contributed by atoms with Crippen molar-refractivity contribution in [1.82, 2.24) is 10.2 Å². The van der Waals surface area contributed by atoms with Gasteiger partial charge in [0.15, 0.2) is 0 Å². The lowest BCUT2D eigenvalue weighted by atomic mass is 10.2. The molecule has 20 heavy (non-hydrogen) atoms. The summed E-state index contributed by atoms with van der Waals surface area (Å²) in [5.41, 5.74) is 1.27. The predicted molar refractivity (Wildman–Crippen MR) is 84.2 cm³/mol. The Morgan fingerprint density at radius 1 is 1.30 bits per heavy atom. The minimum absolute atomic E-state index is 0.712. The van der Waals surface area contributed by atoms with E-state index < -0.39 is 0 Å². The van der Waals surface area contributed by atoms with Gasteiger partial charge in [-0.2, -0.15) is 0 Å². The van der Waals surface area contributed by atoms with Gasteiger partial charge in [0.2, 0.25) is 0 Å². The summed E-state index contributed by atoms with van der Waals surface area (Å²) in [6.45, 7) is 9.60. The molecule has 112 valence electrons. The van der Waals surface area contributed by atoms with Crippen LogP contribution in [0.15, 0.2) is 24.3 Å². The Kier molecular flexibility index (Phi) is 6.34. The van der Waals surface area contributed by atoms with Crippen LogP contribution in [0.4, 0.5) is 0 Å². The Morgan fingerprint density at radius 3 is 2.95 bits per heavy atom. The van der Waals surface area contributed by atoms with Gasteiger partial charge in [-0.3, -0.25) is 4.90 Å². The Morgan fingerprint density at radius 2 is 2.15 bits per heavy atom. The van der Waals surface area contributed by atoms with Gasteiger partial charge in [0.1, 0.15) is 5.75 Å². The van der Waals surface area contributed by atoms with E-state index in [4.69, 9.17) is 4.74 Å². The summed E-state index contributed by atoms with van der Waals surface area (Å²) in [5.74, 6) is 1.03. The Labute approximate surface area is 123 Å². The molecule has 1 aromatic carbocycles. The first kappa shape index (κ1) is 15.3. The first-order valence-corrected chi connectivity index (χ1v) is 8.00. The molecule has 1 aromatic rings. The van der Waals surface area contributed by atoms with Gasteiger partial charge in [-0.05, 0) is 38.4 Å². The van der Waals surface area contributed by atoms with Crippen molar-refractivity contribution >= 4 is 0 Å². The second-order valence-electron chi connectivity index (χ2n) is 5.51. The van der Waals surface area contributed by atoms with Crippen molar-refractivity contribution in [2.45, 2.75) is 45.7 Å². The minimum Gasteiger partial charge on any atom is -0.493 e. The third-order valence-corrected chi connectivity index (χ3v) is 4.03. The Hall–Kier alpha value is -1.06. The van der Waals surface area contributed by atoms with Gasteiger partial charge in [-0.25, -0.2) is 0 Å². The van der Waals surface area contributed by atoms with E-state index in [1.807, 2.05) is 6.07 Å². The zero-order chi connectivity index (χ0) is 14.2. The van der Waals surface area contributed by atoms with Crippen molar-refractivity contribution in [3.05, 3.63) is 29.8 Å². The quantitative estimate of drug-likeness (QED) is 0.790. The molecule has 1 heterocycles. The largest absolute Gasteiger partial charge is 0.493 e. The fourth-order valence-corrected chi connectivity index (χ4v) is 2.92. The lowest BCUT2D eigenvalue weighted by Gasteiger charge is -2.23. The van der Waals surface area contributed by atoms with Crippen LogP contribution in [0.3, 0.4) is 0 Å². The van der Waals surface area contributed by atoms with E-state index in [0.29, 0.717) is 6.04 Å². The molecule has 1 saturated heterocycles. The number of para-hydroxylation sites is 1. The third kappa shape index (κ3) is 4.22. The minimum atomic E-state index is 0.712. The maximum Gasteiger partial charge on any atom is 0.123 e. The summed E-state index contributed by atoms with van der Waals surface area (Å²) >= 11 is 0. The number of hydrogen-bond acceptors (Lipinski definition) is 3. The van der Waals surface area contributed by atoms with Gasteiger partial charge in [-0.15, -0.1) is 0 Å². The van der Waals surface area contributed by atoms with Gasteiger partial charge in [0, 0.05) is 24.7 Å². The zero-order valence-corrected chi connectivity index (χ0v) is 12.9. The summed E-state index contributed by atoms with van der Waals surface area (Å²) < 4.78 is 5.80. The predicted octanol–water partition coefficient (Wildman–Crippen LogP) is 3.05. The number of hydrogen-bond donors (Lipinski definition) is 1. The number of nitrogens with zero attached hydrogens (tertiary/aromatic N) is 1. The molecular weight excluding hydrogens is 248 g/mol. The molecule has 3 heteroatoms. The van der Waals surface area contributed by atoms with Crippen molar-refractivity contribution in [3.63, 3.8) is 0 Å². The van der Waals surface area contributed by atoms with Crippen LogP contribution in [0.5, 0.6) is 5.75 Å². The lowest BCUT2D eigenvalue weighted by Crippen LogP contribution is -2.37. The molecule has 1 unspecified atom stereocenters. The highest BCUT2D eigenvalue weighted by molar-refractivity contribution is 5.33. The number of nitrogens with one attached hydrogen (secondary N) is 1. The van der Waals surface area contributed by atoms with Crippen LogP contribution >= 0.6 is 0 Å². The molecule has 0 spiro atoms. The van der Waals surface area contributed by atoms with Crippen LogP contribution in [0, 0.1) is 0 Å². The molecule has 0 bridgehead atoms. The van der Waals surface area contributed by atoms with Crippen LogP contribution in [0.2, 0.25) is 0 Å². The van der Waals surface area contributed by atoms with Crippen LogP contribution in [0.1, 0.15) is 38.7 Å². The van der Waals surface area contributed by atoms with Crippen LogP contribution in [-0.2, 0) is 6.54 Å². The summed E-state index contributed by atoms with van der Waals surface area (Å²) in [6.07, 6.45) is 3.72. The van der Waals surface area contributed by atoms with Crippen molar-refractivity contribution in [3.8, 4) is 5.75 Å². The van der Waals surface area contributed by atoms with Crippen molar-refractivity contribution in [1.29, 1.82) is 0 Å². The number of ether oxygens (including phenoxy) is 1. The smallest absolute Gasteiger partial charge is 0.123 e. The van der Waals surface area contributed by atoms with Crippen molar-refractivity contribution in [2.24, 2.45) is 0 Å². The molecule has 0 radical (unpaired) electrons. The highest BCUT2D eigenvalue weighted by Gasteiger charge is 2.22. The summed E-state index contributed by atoms with van der Waals surface area (Å²) in [4.78, 5) is 2.58. The fraction of sp³-hybridized carbons (Fsp3) is 0.647. The van der Waals surface area contributed by atoms with Gasteiger partial charge in [0.25, 0.3) is 0 Å². The summed E-state index contributed by atoms with van der Waals surface area (Å²) in [6, 6.07) is 9.07. The molecule has 1 fully saturated rings. The van der Waals surface area contributed by atoms with E-state index in [1.54, 1.807) is 0 Å². The Bertz CT molecular complexity index is 394. The number of likely N-dealkylation sites (N-methyl/N-ethyl adjacent to an activating group) is 1. The average Bonchev–Trinajstić information content (AvgIpc) is 2.94. The zero-order valence-electron chi connectivity index (χ0n) is 12.9. The van der Waals surface area contributed by atoms with E-state index in [9.17, 15) is 0 Å². The molecule has 2 rings (SSSR count). The monoisotopic (exact) mass is 276 g/mol. The molecule has 1 aliphatic rings. The molecule has 0 aromatic heterocycles. The van der Waals surface area contributed by atoms with E-state index in [-0.39, 0.29) is 0 Å². The second kappa shape index (κ2) is 8.28. The molecule has 1 aliphatic heterocycles. The topological polar surface area (TPSA) is 24.5 Å². The number of likely N-dealkylation sites (tertiary alicyclic amines) is 1. The molecule has 0 aliphatic carbocycles. The molecular formula is C17H28N2O. The first-order chi connectivity index (χ1) is 9.85. The van der Waals surface area contributed by atoms with Crippen LogP contribution < -0.4 is 10.1 Å². The maximum atomic E-state index is 5.80. The third-order valence-electron chi connectivity index (χ3n) is 4.03. The van der Waals surface area contributed by atoms with Crippen molar-refractivity contribution in [2.75, 3.05) is 26.2 Å². The summed E-state index contributed by atoms with van der Waals surface area (Å²) in [7, 11) is 0. The molecule has 3 nitrogen and oxygen atoms in total. The first-order valence-electron chi connectivity index (χ1n) is 8.00. The van der Waals surface area contributed by atoms with E-state index >= 15 is 0 Å². The summed E-state index contributed by atoms with van der Waals surface area (Å²) in [5, 5.41) is 3.60. The van der Waals surface area contributed by atoms with Crippen LogP contribution in [0.25, 0.3) is 0 Å². The standard InChI is InChI=1S/C17H28N2O/c1-3-12-20-17-10-6-5-8-15(17)13-18-14-16-9-7-11-19(16)4-2/h5-6,8,10,16,18H,3-4,7,9,11-14H2,1-2H3. The molecule has 1 N–H and O–H groups in total. The van der Waals surface area contributed by atoms with Gasteiger partial charge < -0.3 is 10.1 Å². The van der Waals surface area contributed by atoms with E-state index in [0.717, 1.165) is 31.9 Å². The highest BCUT2D eigenvalue weighted by Crippen LogP contribution is 2.19. The second-order valence-corrected chi connectivity index (χ2v) is 5.51. The lowest BCUT2D eigenvalue weighted by molar-refractivity contribution is 0.259. The SMILES string of the molecule is CCCOc1ccccc1CNCC1CCCN1CC. The highest BCUT2D eigenvalue weighted by atomic mass is 16.5. The average molecular weight is 276 g/mol. The van der Waals surface area contributed by atoms with Gasteiger partial charge >= 0.3 is 0 Å². The molecule has 1 atom stereocenters. The molecule has 0 amide bonds. The number of rotatable bonds is 8. The fourth-order valence-electron chi connectivity index (χ4n) is 2.92. The van der Waals surface area contributed by atoms with Crippen LogP contribution in [-0.4, -0.2) is 37.2 Å². The van der Waals surface area contributed by atoms with Gasteiger partial charge in [-0.1, -0.05) is 32.0 Å². The van der Waals surface area contributed by atoms with Gasteiger partial charge in [0.05, 0.1) is 6.61 Å². The normalized spacial score (nSPS) is 19.4. The number of benzene rings is 1. The van der Waals surface area contributed by atoms with E-state index in [2.05, 4.69) is 42.3 Å². The van der Waals surface area contributed by atoms with E-state index in [1.165, 1.54) is 31.5 Å². The maximum absolute atomic E-state index is 5.80. The van der Waals surface area contributed by atoms with Crippen molar-refractivity contribution < 1.29 is 4.74 Å². The molecule has 0 saturated carbocycles.